The number of carbonyl (C=O) groups excluding carboxylic acids is 1. The topological polar surface area (TPSA) is 71.8 Å². The highest BCUT2D eigenvalue weighted by molar-refractivity contribution is 7.21. The largest absolute Gasteiger partial charge is 0.381 e. The zero-order valence-corrected chi connectivity index (χ0v) is 14.3. The fourth-order valence-corrected chi connectivity index (χ4v) is 4.35. The Morgan fingerprint density at radius 1 is 1.28 bits per heavy atom. The smallest absolute Gasteiger partial charge is 0.263 e. The Kier molecular flexibility index (Phi) is 3.05. The van der Waals surface area contributed by atoms with E-state index in [0.29, 0.717) is 6.54 Å². The third kappa shape index (κ3) is 2.20. The Morgan fingerprint density at radius 3 is 3.04 bits per heavy atom. The van der Waals surface area contributed by atoms with Crippen LogP contribution in [0, 0.1) is 0 Å². The summed E-state index contributed by atoms with van der Waals surface area (Å²) in [6.07, 6.45) is 5.34. The van der Waals surface area contributed by atoms with Crippen molar-refractivity contribution in [3.63, 3.8) is 0 Å². The number of nitrogens with one attached hydrogen (secondary N) is 2. The van der Waals surface area contributed by atoms with Crippen molar-refractivity contribution >= 4 is 43.9 Å². The van der Waals surface area contributed by atoms with E-state index < -0.39 is 0 Å². The highest BCUT2D eigenvalue weighted by atomic mass is 32.1. The first kappa shape index (κ1) is 14.4. The number of benzene rings is 1. The normalized spacial score (nSPS) is 17.2. The molecule has 4 aromatic rings. The van der Waals surface area contributed by atoms with Gasteiger partial charge in [-0.25, -0.2) is 9.97 Å². The maximum atomic E-state index is 12.5. The highest BCUT2D eigenvalue weighted by Gasteiger charge is 2.24. The summed E-state index contributed by atoms with van der Waals surface area (Å²) in [5, 5.41) is 8.59. The Hall–Kier alpha value is -2.93. The molecule has 3 aromatic heterocycles. The number of pyridine rings is 1. The molecular formula is C18H15N5OS. The van der Waals surface area contributed by atoms with Gasteiger partial charge in [-0.15, -0.1) is 11.3 Å². The molecule has 1 atom stereocenters. The van der Waals surface area contributed by atoms with Gasteiger partial charge in [-0.1, -0.05) is 0 Å². The number of imidazole rings is 1. The molecule has 1 aliphatic rings. The van der Waals surface area contributed by atoms with Gasteiger partial charge in [-0.3, -0.25) is 9.36 Å². The van der Waals surface area contributed by atoms with Crippen molar-refractivity contribution in [2.75, 3.05) is 11.9 Å². The third-order valence-electron chi connectivity index (χ3n) is 4.45. The Morgan fingerprint density at radius 2 is 2.20 bits per heavy atom. The van der Waals surface area contributed by atoms with Crippen LogP contribution in [0.25, 0.3) is 26.8 Å². The van der Waals surface area contributed by atoms with Gasteiger partial charge in [-0.2, -0.15) is 0 Å². The first-order chi connectivity index (χ1) is 12.2. The average molecular weight is 349 g/mol. The van der Waals surface area contributed by atoms with Crippen LogP contribution in [0.2, 0.25) is 0 Å². The third-order valence-corrected chi connectivity index (χ3v) is 5.60. The molecule has 0 radical (unpaired) electrons. The summed E-state index contributed by atoms with van der Waals surface area (Å²) < 4.78 is 2.97. The van der Waals surface area contributed by atoms with Gasteiger partial charge >= 0.3 is 0 Å². The SMILES string of the molecule is C[C@@H]1CNc2c(sc3ccc4nc(-n5ccnc5)ccc4c23)C(=O)N1. The maximum Gasteiger partial charge on any atom is 0.263 e. The van der Waals surface area contributed by atoms with Gasteiger partial charge < -0.3 is 10.6 Å². The molecule has 0 aliphatic carbocycles. The molecule has 0 saturated carbocycles. The van der Waals surface area contributed by atoms with Crippen LogP contribution in [-0.2, 0) is 0 Å². The predicted octanol–water partition coefficient (Wildman–Crippen LogP) is 3.18. The fourth-order valence-electron chi connectivity index (χ4n) is 3.25. The second kappa shape index (κ2) is 5.29. The Labute approximate surface area is 147 Å². The molecule has 124 valence electrons. The van der Waals surface area contributed by atoms with Crippen molar-refractivity contribution < 1.29 is 4.79 Å². The monoisotopic (exact) mass is 349 g/mol. The molecular weight excluding hydrogens is 334 g/mol. The fraction of sp³-hybridized carbons (Fsp3) is 0.167. The Bertz CT molecular complexity index is 1120. The minimum Gasteiger partial charge on any atom is -0.381 e. The van der Waals surface area contributed by atoms with E-state index in [4.69, 9.17) is 4.98 Å². The summed E-state index contributed by atoms with van der Waals surface area (Å²) in [5.41, 5.74) is 1.82. The number of amides is 1. The second-order valence-electron chi connectivity index (χ2n) is 6.21. The lowest BCUT2D eigenvalue weighted by Crippen LogP contribution is -2.34. The van der Waals surface area contributed by atoms with Gasteiger partial charge in [0.05, 0.1) is 11.2 Å². The van der Waals surface area contributed by atoms with Gasteiger partial charge in [0.25, 0.3) is 5.91 Å². The standard InChI is InChI=1S/C18H15N5OS/c1-10-8-20-16-15-11-2-5-14(23-7-6-19-9-23)22-12(11)3-4-13(15)25-17(16)18(24)21-10/h2-7,9-10,20H,8H2,1H3,(H,21,24)/t10-/m1/s1. The first-order valence-corrected chi connectivity index (χ1v) is 8.92. The van der Waals surface area contributed by atoms with Crippen LogP contribution >= 0.6 is 11.3 Å². The van der Waals surface area contributed by atoms with Crippen molar-refractivity contribution in [2.45, 2.75) is 13.0 Å². The van der Waals surface area contributed by atoms with E-state index in [1.165, 1.54) is 11.3 Å². The van der Waals surface area contributed by atoms with Gasteiger partial charge in [0.15, 0.2) is 0 Å². The number of thiophene rings is 1. The minimum atomic E-state index is -0.00940. The predicted molar refractivity (Wildman–Crippen MR) is 99.7 cm³/mol. The van der Waals surface area contributed by atoms with E-state index in [0.717, 1.165) is 37.4 Å². The zero-order valence-electron chi connectivity index (χ0n) is 13.5. The molecule has 7 heteroatoms. The molecule has 2 N–H and O–H groups in total. The van der Waals surface area contributed by atoms with E-state index in [9.17, 15) is 4.79 Å². The van der Waals surface area contributed by atoms with E-state index in [-0.39, 0.29) is 11.9 Å². The molecule has 25 heavy (non-hydrogen) atoms. The number of hydrogen-bond donors (Lipinski definition) is 2. The van der Waals surface area contributed by atoms with Gasteiger partial charge in [-0.05, 0) is 31.2 Å². The molecule has 5 rings (SSSR count). The van der Waals surface area contributed by atoms with Crippen LogP contribution in [-0.4, -0.2) is 33.0 Å². The van der Waals surface area contributed by atoms with Gasteiger partial charge in [0, 0.05) is 40.5 Å². The molecule has 6 nitrogen and oxygen atoms in total. The van der Waals surface area contributed by atoms with Crippen molar-refractivity contribution in [1.29, 1.82) is 0 Å². The van der Waals surface area contributed by atoms with Crippen molar-refractivity contribution in [1.82, 2.24) is 19.9 Å². The summed E-state index contributed by atoms with van der Waals surface area (Å²) in [4.78, 5) is 22.0. The lowest BCUT2D eigenvalue weighted by Gasteiger charge is -2.10. The van der Waals surface area contributed by atoms with Crippen LogP contribution in [0.4, 0.5) is 5.69 Å². The zero-order chi connectivity index (χ0) is 17.0. The number of nitrogens with zero attached hydrogens (tertiary/aromatic N) is 3. The molecule has 0 unspecified atom stereocenters. The van der Waals surface area contributed by atoms with Crippen LogP contribution in [0.15, 0.2) is 43.0 Å². The number of aromatic nitrogens is 3. The van der Waals surface area contributed by atoms with Crippen molar-refractivity contribution in [2.24, 2.45) is 0 Å². The van der Waals surface area contributed by atoms with Crippen LogP contribution in [0.1, 0.15) is 16.6 Å². The summed E-state index contributed by atoms with van der Waals surface area (Å²) in [6.45, 7) is 2.71. The summed E-state index contributed by atoms with van der Waals surface area (Å²) in [7, 11) is 0. The molecule has 0 saturated heterocycles. The second-order valence-corrected chi connectivity index (χ2v) is 7.26. The lowest BCUT2D eigenvalue weighted by molar-refractivity contribution is 0.0949. The summed E-state index contributed by atoms with van der Waals surface area (Å²) >= 11 is 1.52. The molecule has 0 bridgehead atoms. The number of carbonyl (C=O) groups is 1. The summed E-state index contributed by atoms with van der Waals surface area (Å²) in [5.74, 6) is 0.815. The van der Waals surface area contributed by atoms with Crippen LogP contribution < -0.4 is 10.6 Å². The van der Waals surface area contributed by atoms with Crippen LogP contribution in [0.5, 0.6) is 0 Å². The van der Waals surface area contributed by atoms with Crippen LogP contribution in [0.3, 0.4) is 0 Å². The molecule has 1 amide bonds. The average Bonchev–Trinajstić information content (AvgIpc) is 3.24. The minimum absolute atomic E-state index is 0.00940. The van der Waals surface area contributed by atoms with Crippen molar-refractivity contribution in [3.05, 3.63) is 47.9 Å². The molecule has 1 aromatic carbocycles. The molecule has 4 heterocycles. The number of fused-ring (bicyclic) bond motifs is 5. The van der Waals surface area contributed by atoms with Crippen molar-refractivity contribution in [3.8, 4) is 5.82 Å². The Balaban J connectivity index is 1.76. The number of hydrogen-bond acceptors (Lipinski definition) is 5. The molecule has 0 spiro atoms. The van der Waals surface area contributed by atoms with E-state index in [2.05, 4.69) is 21.7 Å². The maximum absolute atomic E-state index is 12.5. The van der Waals surface area contributed by atoms with Gasteiger partial charge in [0.2, 0.25) is 0 Å². The highest BCUT2D eigenvalue weighted by Crippen LogP contribution is 2.40. The number of anilines is 1. The molecule has 0 fully saturated rings. The number of rotatable bonds is 1. The van der Waals surface area contributed by atoms with Gasteiger partial charge in [0.1, 0.15) is 17.0 Å². The summed E-state index contributed by atoms with van der Waals surface area (Å²) in [6, 6.07) is 8.20. The lowest BCUT2D eigenvalue weighted by atomic mass is 10.1. The van der Waals surface area contributed by atoms with E-state index in [1.807, 2.05) is 35.9 Å². The molecule has 1 aliphatic heterocycles. The van der Waals surface area contributed by atoms with E-state index >= 15 is 0 Å². The van der Waals surface area contributed by atoms with E-state index in [1.54, 1.807) is 12.5 Å². The first-order valence-electron chi connectivity index (χ1n) is 8.10. The quantitative estimate of drug-likeness (QED) is 0.554.